The Labute approximate surface area is 231 Å². The predicted octanol–water partition coefficient (Wildman–Crippen LogP) is 3.77. The van der Waals surface area contributed by atoms with E-state index in [-0.39, 0.29) is 11.8 Å². The summed E-state index contributed by atoms with van der Waals surface area (Å²) in [6.45, 7) is 7.76. The first kappa shape index (κ1) is 26.5. The molecule has 10 nitrogen and oxygen atoms in total. The molecule has 2 amide bonds. The molecule has 4 aromatic rings. The molecule has 1 saturated heterocycles. The highest BCUT2D eigenvalue weighted by Crippen LogP contribution is 2.24. The van der Waals surface area contributed by atoms with Crippen molar-refractivity contribution in [2.24, 2.45) is 0 Å². The van der Waals surface area contributed by atoms with Gasteiger partial charge in [0.25, 0.3) is 11.8 Å². The molecule has 0 radical (unpaired) electrons. The molecule has 39 heavy (non-hydrogen) atoms. The Morgan fingerprint density at radius 2 is 1.67 bits per heavy atom. The highest BCUT2D eigenvalue weighted by atomic mass is 32.1. The summed E-state index contributed by atoms with van der Waals surface area (Å²) < 4.78 is 7.58. The average Bonchev–Trinajstić information content (AvgIpc) is 3.65. The standard InChI is InChI=1S/C28H31N7O3S/c1-20-17-23(38-16-15-34-13-11-33(2)12-14-34)7-8-24(20)32-28(37)26-10-9-25(39-26)27(36)31-21-3-5-22(6-4-21)35-19-29-18-30-35/h3-10,17-19H,11-16H2,1-2H3,(H,31,36)(H,32,37). The fraction of sp³-hybridized carbons (Fsp3) is 0.286. The number of carbonyl (C=O) groups excluding carboxylic acids is 2. The van der Waals surface area contributed by atoms with E-state index in [1.54, 1.807) is 35.3 Å². The van der Waals surface area contributed by atoms with Crippen molar-refractivity contribution < 1.29 is 14.3 Å². The molecule has 0 unspecified atom stereocenters. The number of amides is 2. The number of rotatable bonds is 9. The van der Waals surface area contributed by atoms with Crippen molar-refractivity contribution in [1.29, 1.82) is 0 Å². The molecule has 11 heteroatoms. The van der Waals surface area contributed by atoms with Crippen LogP contribution < -0.4 is 15.4 Å². The van der Waals surface area contributed by atoms with E-state index in [4.69, 9.17) is 4.74 Å². The molecule has 2 aromatic heterocycles. The van der Waals surface area contributed by atoms with Gasteiger partial charge < -0.3 is 20.3 Å². The molecule has 0 atom stereocenters. The van der Waals surface area contributed by atoms with E-state index in [2.05, 4.69) is 37.6 Å². The smallest absolute Gasteiger partial charge is 0.265 e. The first-order valence-electron chi connectivity index (χ1n) is 12.8. The highest BCUT2D eigenvalue weighted by Gasteiger charge is 2.16. The SMILES string of the molecule is Cc1cc(OCCN2CCN(C)CC2)ccc1NC(=O)c1ccc(C(=O)Nc2ccc(-n3cncn3)cc2)s1. The van der Waals surface area contributed by atoms with Crippen molar-refractivity contribution in [3.63, 3.8) is 0 Å². The average molecular weight is 546 g/mol. The molecule has 202 valence electrons. The number of hydrogen-bond acceptors (Lipinski definition) is 8. The number of aromatic nitrogens is 3. The number of nitrogens with one attached hydrogen (secondary N) is 2. The molecule has 0 saturated carbocycles. The van der Waals surface area contributed by atoms with Crippen LogP contribution in [0, 0.1) is 6.92 Å². The lowest BCUT2D eigenvalue weighted by Gasteiger charge is -2.32. The molecule has 2 N–H and O–H groups in total. The molecule has 0 aliphatic carbocycles. The number of piperazine rings is 1. The maximum Gasteiger partial charge on any atom is 0.265 e. The lowest BCUT2D eigenvalue weighted by molar-refractivity contribution is 0.102. The van der Waals surface area contributed by atoms with E-state index in [0.29, 0.717) is 27.7 Å². The van der Waals surface area contributed by atoms with Crippen LogP contribution in [-0.2, 0) is 0 Å². The quantitative estimate of drug-likeness (QED) is 0.330. The summed E-state index contributed by atoms with van der Waals surface area (Å²) in [5, 5.41) is 9.89. The second-order valence-electron chi connectivity index (χ2n) is 9.43. The number of nitrogens with zero attached hydrogens (tertiary/aromatic N) is 5. The summed E-state index contributed by atoms with van der Waals surface area (Å²) in [7, 11) is 2.15. The number of aryl methyl sites for hydroxylation is 1. The van der Waals surface area contributed by atoms with Crippen LogP contribution in [0.25, 0.3) is 5.69 Å². The van der Waals surface area contributed by atoms with Gasteiger partial charge in [-0.15, -0.1) is 11.3 Å². The van der Waals surface area contributed by atoms with Crippen molar-refractivity contribution >= 4 is 34.5 Å². The van der Waals surface area contributed by atoms with Crippen molar-refractivity contribution in [3.05, 3.63) is 82.6 Å². The van der Waals surface area contributed by atoms with Crippen LogP contribution in [0.15, 0.2) is 67.3 Å². The van der Waals surface area contributed by atoms with Crippen molar-refractivity contribution in [1.82, 2.24) is 24.6 Å². The number of hydrogen-bond donors (Lipinski definition) is 2. The zero-order chi connectivity index (χ0) is 27.2. The number of likely N-dealkylation sites (N-methyl/N-ethyl adjacent to an activating group) is 1. The zero-order valence-corrected chi connectivity index (χ0v) is 22.8. The van der Waals surface area contributed by atoms with Crippen LogP contribution in [0.3, 0.4) is 0 Å². The van der Waals surface area contributed by atoms with Gasteiger partial charge in [0.15, 0.2) is 0 Å². The molecular formula is C28H31N7O3S. The van der Waals surface area contributed by atoms with E-state index >= 15 is 0 Å². The normalized spacial score (nSPS) is 14.2. The number of benzene rings is 2. The molecule has 0 bridgehead atoms. The summed E-state index contributed by atoms with van der Waals surface area (Å²) in [4.78, 5) is 35.2. The number of anilines is 2. The summed E-state index contributed by atoms with van der Waals surface area (Å²) >= 11 is 1.14. The van der Waals surface area contributed by atoms with Gasteiger partial charge in [0.05, 0.1) is 15.4 Å². The lowest BCUT2D eigenvalue weighted by Crippen LogP contribution is -2.45. The van der Waals surface area contributed by atoms with Gasteiger partial charge in [-0.3, -0.25) is 14.5 Å². The largest absolute Gasteiger partial charge is 0.492 e. The van der Waals surface area contributed by atoms with Crippen LogP contribution in [0.2, 0.25) is 0 Å². The number of ether oxygens (including phenoxy) is 1. The summed E-state index contributed by atoms with van der Waals surface area (Å²) in [5.41, 5.74) is 3.09. The van der Waals surface area contributed by atoms with E-state index in [1.807, 2.05) is 37.3 Å². The molecule has 0 spiro atoms. The molecule has 5 rings (SSSR count). The lowest BCUT2D eigenvalue weighted by atomic mass is 10.2. The Kier molecular flexibility index (Phi) is 8.30. The van der Waals surface area contributed by atoms with Crippen LogP contribution in [0.1, 0.15) is 24.9 Å². The van der Waals surface area contributed by atoms with Crippen LogP contribution in [0.4, 0.5) is 11.4 Å². The first-order valence-corrected chi connectivity index (χ1v) is 13.6. The number of carbonyl (C=O) groups is 2. The Morgan fingerprint density at radius 3 is 2.33 bits per heavy atom. The van der Waals surface area contributed by atoms with E-state index < -0.39 is 0 Å². The van der Waals surface area contributed by atoms with Gasteiger partial charge in [0.1, 0.15) is 25.0 Å². The van der Waals surface area contributed by atoms with Gasteiger partial charge in [0.2, 0.25) is 0 Å². The minimum Gasteiger partial charge on any atom is -0.492 e. The fourth-order valence-corrected chi connectivity index (χ4v) is 5.02. The van der Waals surface area contributed by atoms with Gasteiger partial charge in [-0.2, -0.15) is 5.10 Å². The molecule has 3 heterocycles. The topological polar surface area (TPSA) is 105 Å². The summed E-state index contributed by atoms with van der Waals surface area (Å²) in [5.74, 6) is 0.244. The van der Waals surface area contributed by atoms with E-state index in [9.17, 15) is 9.59 Å². The monoisotopic (exact) mass is 545 g/mol. The maximum absolute atomic E-state index is 12.9. The third kappa shape index (κ3) is 6.88. The van der Waals surface area contributed by atoms with Gasteiger partial charge in [-0.05, 0) is 74.1 Å². The Hall–Kier alpha value is -4.06. The molecule has 1 aliphatic rings. The third-order valence-electron chi connectivity index (χ3n) is 6.58. The van der Waals surface area contributed by atoms with Gasteiger partial charge >= 0.3 is 0 Å². The van der Waals surface area contributed by atoms with E-state index in [0.717, 1.165) is 61.1 Å². The van der Waals surface area contributed by atoms with E-state index in [1.165, 1.54) is 6.33 Å². The van der Waals surface area contributed by atoms with Gasteiger partial charge in [-0.25, -0.2) is 9.67 Å². The van der Waals surface area contributed by atoms with Gasteiger partial charge in [-0.1, -0.05) is 0 Å². The minimum atomic E-state index is -0.276. The summed E-state index contributed by atoms with van der Waals surface area (Å²) in [6, 6.07) is 16.2. The predicted molar refractivity (Wildman–Crippen MR) is 152 cm³/mol. The molecule has 1 aliphatic heterocycles. The second kappa shape index (κ2) is 12.2. The molecule has 1 fully saturated rings. The fourth-order valence-electron chi connectivity index (χ4n) is 4.23. The van der Waals surface area contributed by atoms with Crippen molar-refractivity contribution in [3.8, 4) is 11.4 Å². The van der Waals surface area contributed by atoms with Crippen molar-refractivity contribution in [2.45, 2.75) is 6.92 Å². The van der Waals surface area contributed by atoms with Gasteiger partial charge in [0, 0.05) is 44.1 Å². The Balaban J connectivity index is 1.12. The third-order valence-corrected chi connectivity index (χ3v) is 7.66. The highest BCUT2D eigenvalue weighted by molar-refractivity contribution is 7.16. The number of thiophene rings is 1. The summed E-state index contributed by atoms with van der Waals surface area (Å²) in [6.07, 6.45) is 3.06. The van der Waals surface area contributed by atoms with Crippen LogP contribution in [-0.4, -0.2) is 82.8 Å². The molecule has 2 aromatic carbocycles. The molecular weight excluding hydrogens is 514 g/mol. The Bertz CT molecular complexity index is 1410. The van der Waals surface area contributed by atoms with Crippen LogP contribution >= 0.6 is 11.3 Å². The zero-order valence-electron chi connectivity index (χ0n) is 22.0. The van der Waals surface area contributed by atoms with Crippen molar-refractivity contribution in [2.75, 3.05) is 57.0 Å². The second-order valence-corrected chi connectivity index (χ2v) is 10.5. The first-order chi connectivity index (χ1) is 18.9. The minimum absolute atomic E-state index is 0.261. The van der Waals surface area contributed by atoms with Crippen LogP contribution in [0.5, 0.6) is 5.75 Å². The Morgan fingerprint density at radius 1 is 0.949 bits per heavy atom. The maximum atomic E-state index is 12.9.